The predicted octanol–water partition coefficient (Wildman–Crippen LogP) is 3.17. The largest absolute Gasteiger partial charge is 0.394 e. The van der Waals surface area contributed by atoms with E-state index in [1.54, 1.807) is 0 Å². The number of aliphatic hydroxyl groups excluding tert-OH is 1. The Morgan fingerprint density at radius 2 is 1.67 bits per heavy atom. The summed E-state index contributed by atoms with van der Waals surface area (Å²) in [6, 6.07) is 0. The van der Waals surface area contributed by atoms with Gasteiger partial charge in [0.2, 0.25) is 0 Å². The van der Waals surface area contributed by atoms with Crippen molar-refractivity contribution in [3.8, 4) is 0 Å². The molecule has 0 radical (unpaired) electrons. The highest BCUT2D eigenvalue weighted by Gasteiger charge is 2.36. The van der Waals surface area contributed by atoms with Crippen molar-refractivity contribution in [2.24, 2.45) is 0 Å². The summed E-state index contributed by atoms with van der Waals surface area (Å²) >= 11 is 0. The van der Waals surface area contributed by atoms with Crippen molar-refractivity contribution in [1.82, 2.24) is 4.90 Å². The molecule has 1 rings (SSSR count). The Kier molecular flexibility index (Phi) is 7.87. The molecule has 0 aromatic carbocycles. The van der Waals surface area contributed by atoms with E-state index >= 15 is 0 Å². The molecule has 0 aliphatic carbocycles. The van der Waals surface area contributed by atoms with Gasteiger partial charge in [-0.05, 0) is 13.3 Å². The summed E-state index contributed by atoms with van der Waals surface area (Å²) in [5.74, 6) is 0. The fourth-order valence-corrected chi connectivity index (χ4v) is 2.54. The molecule has 3 heteroatoms. The van der Waals surface area contributed by atoms with Crippen LogP contribution < -0.4 is 0 Å². The van der Waals surface area contributed by atoms with Gasteiger partial charge >= 0.3 is 0 Å². The first-order valence-corrected chi connectivity index (χ1v) is 7.66. The maximum atomic E-state index is 9.40. The van der Waals surface area contributed by atoms with Gasteiger partial charge in [-0.25, -0.2) is 0 Å². The van der Waals surface area contributed by atoms with E-state index in [0.717, 1.165) is 6.54 Å². The van der Waals surface area contributed by atoms with Gasteiger partial charge in [-0.3, -0.25) is 4.90 Å². The Balaban J connectivity index is 1.97. The highest BCUT2D eigenvalue weighted by Crippen LogP contribution is 2.22. The summed E-state index contributed by atoms with van der Waals surface area (Å²) in [4.78, 5) is 2.28. The molecule has 1 aliphatic rings. The Morgan fingerprint density at radius 1 is 1.06 bits per heavy atom. The molecule has 1 atom stereocenters. The second-order valence-corrected chi connectivity index (χ2v) is 5.87. The number of ether oxygens (including phenoxy) is 1. The van der Waals surface area contributed by atoms with Crippen LogP contribution in [0.3, 0.4) is 0 Å². The lowest BCUT2D eigenvalue weighted by Crippen LogP contribution is -2.46. The van der Waals surface area contributed by atoms with E-state index in [1.807, 2.05) is 0 Å². The summed E-state index contributed by atoms with van der Waals surface area (Å²) in [5.41, 5.74) is -0.138. The number of nitrogens with zero attached hydrogens (tertiary/aromatic N) is 1. The van der Waals surface area contributed by atoms with Gasteiger partial charge in [-0.2, -0.15) is 0 Å². The first-order chi connectivity index (χ1) is 8.73. The molecule has 1 aliphatic heterocycles. The minimum atomic E-state index is -0.138. The lowest BCUT2D eigenvalue weighted by molar-refractivity contribution is 0.0834. The number of hydrogen-bond donors (Lipinski definition) is 1. The average Bonchev–Trinajstić information content (AvgIpc) is 2.75. The minimum absolute atomic E-state index is 0.138. The molecule has 1 fully saturated rings. The molecule has 0 aromatic rings. The van der Waals surface area contributed by atoms with Crippen molar-refractivity contribution in [2.75, 3.05) is 26.5 Å². The smallest absolute Gasteiger partial charge is 0.0997 e. The third-order valence-electron chi connectivity index (χ3n) is 4.05. The van der Waals surface area contributed by atoms with Crippen molar-refractivity contribution < 1.29 is 9.84 Å². The monoisotopic (exact) mass is 257 g/mol. The summed E-state index contributed by atoms with van der Waals surface area (Å²) in [5, 5.41) is 9.40. The number of unbranched alkanes of at least 4 members (excludes halogenated alkanes) is 7. The van der Waals surface area contributed by atoms with Crippen LogP contribution in [0.25, 0.3) is 0 Å². The van der Waals surface area contributed by atoms with Crippen molar-refractivity contribution in [1.29, 1.82) is 0 Å². The Morgan fingerprint density at radius 3 is 2.28 bits per heavy atom. The molecule has 1 heterocycles. The maximum absolute atomic E-state index is 9.40. The summed E-state index contributed by atoms with van der Waals surface area (Å²) in [6.45, 7) is 6.96. The molecule has 108 valence electrons. The molecular weight excluding hydrogens is 226 g/mol. The van der Waals surface area contributed by atoms with Crippen LogP contribution in [-0.4, -0.2) is 42.0 Å². The van der Waals surface area contributed by atoms with Crippen LogP contribution in [0.4, 0.5) is 0 Å². The molecule has 1 saturated heterocycles. The third-order valence-corrected chi connectivity index (χ3v) is 4.05. The Labute approximate surface area is 113 Å². The van der Waals surface area contributed by atoms with E-state index in [9.17, 15) is 5.11 Å². The zero-order chi connectivity index (χ0) is 13.3. The first-order valence-electron chi connectivity index (χ1n) is 7.66. The summed E-state index contributed by atoms with van der Waals surface area (Å²) < 4.78 is 5.45. The molecule has 0 aromatic heterocycles. The molecule has 3 nitrogen and oxygen atoms in total. The number of hydrogen-bond acceptors (Lipinski definition) is 3. The fourth-order valence-electron chi connectivity index (χ4n) is 2.54. The van der Waals surface area contributed by atoms with Crippen LogP contribution in [0, 0.1) is 0 Å². The second kappa shape index (κ2) is 8.89. The molecule has 0 saturated carbocycles. The van der Waals surface area contributed by atoms with E-state index in [2.05, 4.69) is 18.7 Å². The maximum Gasteiger partial charge on any atom is 0.0997 e. The van der Waals surface area contributed by atoms with Gasteiger partial charge < -0.3 is 9.84 Å². The zero-order valence-electron chi connectivity index (χ0n) is 12.3. The molecule has 0 spiro atoms. The molecule has 0 bridgehead atoms. The standard InChI is InChI=1S/C15H31NO2/c1-3-4-5-6-7-8-9-10-11-16-14-18-13-15(16,2)12-17/h17H,3-14H2,1-2H3/t15-/m0/s1. The van der Waals surface area contributed by atoms with Crippen LogP contribution in [0.2, 0.25) is 0 Å². The summed E-state index contributed by atoms with van der Waals surface area (Å²) in [6.07, 6.45) is 10.8. The van der Waals surface area contributed by atoms with Crippen LogP contribution in [0.1, 0.15) is 65.2 Å². The SMILES string of the molecule is CCCCCCCCCCN1COC[C@]1(C)CO. The number of aliphatic hydroxyl groups is 1. The van der Waals surface area contributed by atoms with Crippen molar-refractivity contribution >= 4 is 0 Å². The van der Waals surface area contributed by atoms with Gasteiger partial charge in [0.05, 0.1) is 25.5 Å². The normalized spacial score (nSPS) is 24.8. The number of rotatable bonds is 10. The topological polar surface area (TPSA) is 32.7 Å². The minimum Gasteiger partial charge on any atom is -0.394 e. The summed E-state index contributed by atoms with van der Waals surface area (Å²) in [7, 11) is 0. The molecule has 0 amide bonds. The van der Waals surface area contributed by atoms with Gasteiger partial charge in [0.15, 0.2) is 0 Å². The Bertz CT molecular complexity index is 211. The highest BCUT2D eigenvalue weighted by molar-refractivity contribution is 4.88. The van der Waals surface area contributed by atoms with Crippen LogP contribution in [-0.2, 0) is 4.74 Å². The second-order valence-electron chi connectivity index (χ2n) is 5.87. The average molecular weight is 257 g/mol. The van der Waals surface area contributed by atoms with E-state index in [0.29, 0.717) is 13.3 Å². The van der Waals surface area contributed by atoms with E-state index in [-0.39, 0.29) is 12.1 Å². The van der Waals surface area contributed by atoms with E-state index in [1.165, 1.54) is 51.4 Å². The fraction of sp³-hybridized carbons (Fsp3) is 1.00. The quantitative estimate of drug-likeness (QED) is 0.610. The van der Waals surface area contributed by atoms with Gasteiger partial charge in [-0.15, -0.1) is 0 Å². The predicted molar refractivity (Wildman–Crippen MR) is 75.6 cm³/mol. The van der Waals surface area contributed by atoms with Gasteiger partial charge in [0.25, 0.3) is 0 Å². The van der Waals surface area contributed by atoms with E-state index < -0.39 is 0 Å². The van der Waals surface area contributed by atoms with Crippen molar-refractivity contribution in [3.63, 3.8) is 0 Å². The van der Waals surface area contributed by atoms with Gasteiger partial charge in [0, 0.05) is 6.54 Å². The van der Waals surface area contributed by atoms with Crippen LogP contribution in [0.5, 0.6) is 0 Å². The van der Waals surface area contributed by atoms with Crippen molar-refractivity contribution in [2.45, 2.75) is 70.8 Å². The zero-order valence-corrected chi connectivity index (χ0v) is 12.3. The highest BCUT2D eigenvalue weighted by atomic mass is 16.5. The molecule has 1 N–H and O–H groups in total. The molecule has 18 heavy (non-hydrogen) atoms. The first kappa shape index (κ1) is 15.9. The van der Waals surface area contributed by atoms with Gasteiger partial charge in [0.1, 0.15) is 0 Å². The van der Waals surface area contributed by atoms with Crippen molar-refractivity contribution in [3.05, 3.63) is 0 Å². The third kappa shape index (κ3) is 5.25. The van der Waals surface area contributed by atoms with Crippen LogP contribution in [0.15, 0.2) is 0 Å². The lowest BCUT2D eigenvalue weighted by Gasteiger charge is -2.30. The Hall–Kier alpha value is -0.120. The van der Waals surface area contributed by atoms with E-state index in [4.69, 9.17) is 4.74 Å². The molecular formula is C15H31NO2. The molecule has 0 unspecified atom stereocenters. The lowest BCUT2D eigenvalue weighted by atomic mass is 10.0. The van der Waals surface area contributed by atoms with Gasteiger partial charge in [-0.1, -0.05) is 51.9 Å². The van der Waals surface area contributed by atoms with Crippen LogP contribution >= 0.6 is 0 Å².